The molecule has 7 heteroatoms. The minimum atomic E-state index is -4.57. The summed E-state index contributed by atoms with van der Waals surface area (Å²) in [5.41, 5.74) is -1.28. The van der Waals surface area contributed by atoms with Crippen LogP contribution in [0.3, 0.4) is 0 Å². The molecule has 1 saturated carbocycles. The maximum atomic E-state index is 12.8. The molecule has 19 heavy (non-hydrogen) atoms. The number of carbonyl (C=O) groups excluding carboxylic acids is 1. The van der Waals surface area contributed by atoms with Crippen molar-refractivity contribution in [3.8, 4) is 0 Å². The number of alkyl halides is 3. The van der Waals surface area contributed by atoms with Gasteiger partial charge >= 0.3 is 6.18 Å². The molecule has 0 bridgehead atoms. The molecule has 1 aromatic heterocycles. The van der Waals surface area contributed by atoms with Crippen molar-refractivity contribution in [1.29, 1.82) is 0 Å². The van der Waals surface area contributed by atoms with Gasteiger partial charge in [0.15, 0.2) is 0 Å². The topological polar surface area (TPSA) is 54.9 Å². The molecule has 1 aliphatic carbocycles. The number of carbonyl (C=O) groups is 1. The van der Waals surface area contributed by atoms with Crippen LogP contribution >= 0.6 is 0 Å². The zero-order valence-corrected chi connectivity index (χ0v) is 10.4. The summed E-state index contributed by atoms with van der Waals surface area (Å²) in [7, 11) is 1.35. The van der Waals surface area contributed by atoms with Crippen LogP contribution in [0.25, 0.3) is 0 Å². The Morgan fingerprint density at radius 2 is 1.95 bits per heavy atom. The number of halogens is 3. The van der Waals surface area contributed by atoms with Crippen molar-refractivity contribution in [2.45, 2.75) is 37.8 Å². The van der Waals surface area contributed by atoms with Gasteiger partial charge in [0, 0.05) is 19.0 Å². The molecule has 0 atom stereocenters. The summed E-state index contributed by atoms with van der Waals surface area (Å²) in [5, 5.41) is 2.28. The average molecular weight is 273 g/mol. The Morgan fingerprint density at radius 3 is 2.47 bits per heavy atom. The van der Waals surface area contributed by atoms with E-state index in [0.717, 1.165) is 25.7 Å². The summed E-state index contributed by atoms with van der Waals surface area (Å²) in [6.45, 7) is 0. The van der Waals surface area contributed by atoms with Crippen LogP contribution in [0.4, 0.5) is 13.2 Å². The van der Waals surface area contributed by atoms with E-state index in [9.17, 15) is 18.0 Å². The van der Waals surface area contributed by atoms with Crippen LogP contribution in [0.15, 0.2) is 6.07 Å². The van der Waals surface area contributed by atoms with Crippen molar-refractivity contribution in [2.24, 2.45) is 0 Å². The van der Waals surface area contributed by atoms with Gasteiger partial charge in [-0.1, -0.05) is 12.8 Å². The van der Waals surface area contributed by atoms with E-state index in [1.165, 1.54) is 7.05 Å². The van der Waals surface area contributed by atoms with Gasteiger partial charge in [-0.05, 0) is 12.8 Å². The Kier molecular flexibility index (Phi) is 3.73. The van der Waals surface area contributed by atoms with Gasteiger partial charge < -0.3 is 5.32 Å². The molecule has 1 fully saturated rings. The fourth-order valence-electron chi connectivity index (χ4n) is 2.22. The molecule has 104 valence electrons. The van der Waals surface area contributed by atoms with Crippen molar-refractivity contribution in [1.82, 2.24) is 15.3 Å². The van der Waals surface area contributed by atoms with Crippen molar-refractivity contribution >= 4 is 5.91 Å². The average Bonchev–Trinajstić information content (AvgIpc) is 2.90. The van der Waals surface area contributed by atoms with Crippen molar-refractivity contribution in [2.75, 3.05) is 7.05 Å². The van der Waals surface area contributed by atoms with Crippen LogP contribution in [0.1, 0.15) is 53.6 Å². The predicted molar refractivity (Wildman–Crippen MR) is 61.6 cm³/mol. The van der Waals surface area contributed by atoms with Gasteiger partial charge in [0.25, 0.3) is 5.91 Å². The Balaban J connectivity index is 2.45. The van der Waals surface area contributed by atoms with Crippen LogP contribution < -0.4 is 5.32 Å². The smallest absolute Gasteiger partial charge is 0.354 e. The number of amides is 1. The highest BCUT2D eigenvalue weighted by Gasteiger charge is 2.35. The molecular formula is C12H14F3N3O. The van der Waals surface area contributed by atoms with Gasteiger partial charge in [0.1, 0.15) is 17.2 Å². The molecule has 0 spiro atoms. The third kappa shape index (κ3) is 3.02. The number of hydrogen-bond donors (Lipinski definition) is 1. The van der Waals surface area contributed by atoms with E-state index in [0.29, 0.717) is 6.07 Å². The minimum absolute atomic E-state index is 0.0780. The van der Waals surface area contributed by atoms with Crippen LogP contribution in [0, 0.1) is 0 Å². The molecule has 0 saturated heterocycles. The van der Waals surface area contributed by atoms with Crippen molar-refractivity contribution in [3.05, 3.63) is 23.3 Å². The second-order valence-electron chi connectivity index (χ2n) is 4.55. The van der Waals surface area contributed by atoms with Crippen LogP contribution in [0.5, 0.6) is 0 Å². The number of rotatable bonds is 2. The lowest BCUT2D eigenvalue weighted by atomic mass is 10.1. The van der Waals surface area contributed by atoms with E-state index in [2.05, 4.69) is 15.3 Å². The Labute approximate surface area is 108 Å². The van der Waals surface area contributed by atoms with Crippen molar-refractivity contribution < 1.29 is 18.0 Å². The molecule has 0 aromatic carbocycles. The zero-order valence-electron chi connectivity index (χ0n) is 10.4. The molecule has 1 heterocycles. The van der Waals surface area contributed by atoms with E-state index in [4.69, 9.17) is 0 Å². The Bertz CT molecular complexity index is 482. The lowest BCUT2D eigenvalue weighted by molar-refractivity contribution is -0.141. The van der Waals surface area contributed by atoms with Gasteiger partial charge in [0.05, 0.1) is 0 Å². The molecule has 1 amide bonds. The fraction of sp³-hybridized carbons (Fsp3) is 0.583. The lowest BCUT2D eigenvalue weighted by Gasteiger charge is -2.13. The summed E-state index contributed by atoms with van der Waals surface area (Å²) in [4.78, 5) is 19.1. The molecule has 0 radical (unpaired) electrons. The van der Waals surface area contributed by atoms with E-state index in [1.807, 2.05) is 0 Å². The molecule has 0 aliphatic heterocycles. The lowest BCUT2D eigenvalue weighted by Crippen LogP contribution is -2.23. The van der Waals surface area contributed by atoms with Crippen LogP contribution in [-0.4, -0.2) is 22.9 Å². The fourth-order valence-corrected chi connectivity index (χ4v) is 2.22. The molecule has 4 nitrogen and oxygen atoms in total. The number of hydrogen-bond acceptors (Lipinski definition) is 3. The molecule has 2 rings (SSSR count). The van der Waals surface area contributed by atoms with Gasteiger partial charge in [-0.3, -0.25) is 4.79 Å². The highest BCUT2D eigenvalue weighted by atomic mass is 19.4. The first-order valence-electron chi connectivity index (χ1n) is 6.10. The summed E-state index contributed by atoms with van der Waals surface area (Å²) in [6.07, 6.45) is -1.11. The standard InChI is InChI=1S/C12H14F3N3O/c1-16-11(19)8-6-9(12(13,14)15)18-10(17-8)7-4-2-3-5-7/h6-7H,2-5H2,1H3,(H,16,19). The second-order valence-corrected chi connectivity index (χ2v) is 4.55. The molecule has 1 N–H and O–H groups in total. The van der Waals surface area contributed by atoms with Crippen LogP contribution in [0.2, 0.25) is 0 Å². The summed E-state index contributed by atoms with van der Waals surface area (Å²) in [6, 6.07) is 0.692. The first kappa shape index (κ1) is 13.8. The molecule has 1 aliphatic rings. The second kappa shape index (κ2) is 5.14. The third-order valence-corrected chi connectivity index (χ3v) is 3.21. The number of nitrogens with one attached hydrogen (secondary N) is 1. The van der Waals surface area contributed by atoms with E-state index < -0.39 is 17.8 Å². The summed E-state index contributed by atoms with van der Waals surface area (Å²) >= 11 is 0. The number of aromatic nitrogens is 2. The van der Waals surface area contributed by atoms with Gasteiger partial charge in [0.2, 0.25) is 0 Å². The summed E-state index contributed by atoms with van der Waals surface area (Å²) < 4.78 is 38.3. The van der Waals surface area contributed by atoms with E-state index >= 15 is 0 Å². The predicted octanol–water partition coefficient (Wildman–Crippen LogP) is 2.51. The Morgan fingerprint density at radius 1 is 1.32 bits per heavy atom. The maximum Gasteiger partial charge on any atom is 0.433 e. The van der Waals surface area contributed by atoms with Gasteiger partial charge in [-0.2, -0.15) is 13.2 Å². The highest BCUT2D eigenvalue weighted by molar-refractivity contribution is 5.92. The highest BCUT2D eigenvalue weighted by Crippen LogP contribution is 2.34. The molecule has 1 aromatic rings. The van der Waals surface area contributed by atoms with Gasteiger partial charge in [-0.25, -0.2) is 9.97 Å². The Hall–Kier alpha value is -1.66. The first-order chi connectivity index (χ1) is 8.91. The maximum absolute atomic E-state index is 12.8. The number of nitrogens with zero attached hydrogens (tertiary/aromatic N) is 2. The first-order valence-corrected chi connectivity index (χ1v) is 6.10. The quantitative estimate of drug-likeness (QED) is 0.900. The minimum Gasteiger partial charge on any atom is -0.354 e. The monoisotopic (exact) mass is 273 g/mol. The largest absolute Gasteiger partial charge is 0.433 e. The van der Waals surface area contributed by atoms with Gasteiger partial charge in [-0.15, -0.1) is 0 Å². The van der Waals surface area contributed by atoms with E-state index in [1.54, 1.807) is 0 Å². The summed E-state index contributed by atoms with van der Waals surface area (Å²) in [5.74, 6) is -0.580. The van der Waals surface area contributed by atoms with E-state index in [-0.39, 0.29) is 17.4 Å². The van der Waals surface area contributed by atoms with Crippen molar-refractivity contribution in [3.63, 3.8) is 0 Å². The third-order valence-electron chi connectivity index (χ3n) is 3.21. The SMILES string of the molecule is CNC(=O)c1cc(C(F)(F)F)nc(C2CCCC2)n1. The molecular weight excluding hydrogens is 259 g/mol. The normalized spacial score (nSPS) is 16.6. The van der Waals surface area contributed by atoms with Crippen LogP contribution in [-0.2, 0) is 6.18 Å². The zero-order chi connectivity index (χ0) is 14.0. The molecule has 0 unspecified atom stereocenters.